The smallest absolute Gasteiger partial charge is 0.364 e. The highest BCUT2D eigenvalue weighted by Gasteiger charge is 2.38. The highest BCUT2D eigenvalue weighted by atomic mass is 16.7. The number of fused-ring (bicyclic) bond motifs is 1. The van der Waals surface area contributed by atoms with E-state index in [4.69, 9.17) is 9.57 Å². The predicted molar refractivity (Wildman–Crippen MR) is 96.6 cm³/mol. The van der Waals surface area contributed by atoms with Gasteiger partial charge in [-0.25, -0.2) is 4.79 Å². The van der Waals surface area contributed by atoms with E-state index in [1.54, 1.807) is 24.3 Å². The van der Waals surface area contributed by atoms with Gasteiger partial charge in [-0.3, -0.25) is 9.59 Å². The number of nitrogens with zero attached hydrogens (tertiary/aromatic N) is 2. The van der Waals surface area contributed by atoms with Crippen LogP contribution < -0.4 is 4.90 Å². The largest absolute Gasteiger partial charge is 0.378 e. The van der Waals surface area contributed by atoms with Crippen molar-refractivity contribution < 1.29 is 24.0 Å². The van der Waals surface area contributed by atoms with Crippen LogP contribution in [0.3, 0.4) is 0 Å². The zero-order chi connectivity index (χ0) is 19.0. The second-order valence-corrected chi connectivity index (χ2v) is 6.43. The van der Waals surface area contributed by atoms with Crippen LogP contribution in [-0.2, 0) is 9.57 Å². The summed E-state index contributed by atoms with van der Waals surface area (Å²) in [6.07, 6.45) is 0. The topological polar surface area (TPSA) is 76.2 Å². The molecule has 2 aromatic rings. The van der Waals surface area contributed by atoms with E-state index in [9.17, 15) is 14.4 Å². The molecule has 2 aliphatic rings. The monoisotopic (exact) mass is 366 g/mol. The standard InChI is InChI=1S/C20H18N2O5/c1-13-6-7-14(12-17(13)21-8-10-26-11-9-21)20(25)27-22-18(23)15-4-2-3-5-16(15)19(22)24/h2-7,12H,8-11H2,1H3. The van der Waals surface area contributed by atoms with Crippen molar-refractivity contribution in [1.82, 2.24) is 5.06 Å². The minimum atomic E-state index is -0.751. The molecule has 1 saturated heterocycles. The molecule has 4 rings (SSSR count). The number of hydrogen-bond donors (Lipinski definition) is 0. The number of hydrogen-bond acceptors (Lipinski definition) is 6. The minimum absolute atomic E-state index is 0.230. The summed E-state index contributed by atoms with van der Waals surface area (Å²) in [5, 5.41) is 0.529. The average Bonchev–Trinajstić information content (AvgIpc) is 2.94. The van der Waals surface area contributed by atoms with Gasteiger partial charge in [0.2, 0.25) is 0 Å². The van der Waals surface area contributed by atoms with Crippen molar-refractivity contribution in [2.45, 2.75) is 6.92 Å². The number of hydroxylamine groups is 2. The highest BCUT2D eigenvalue weighted by molar-refractivity contribution is 6.21. The third-order valence-corrected chi connectivity index (χ3v) is 4.73. The van der Waals surface area contributed by atoms with Crippen molar-refractivity contribution in [1.29, 1.82) is 0 Å². The average molecular weight is 366 g/mol. The Labute approximate surface area is 156 Å². The Balaban J connectivity index is 1.56. The normalized spacial score (nSPS) is 16.5. The summed E-state index contributed by atoms with van der Waals surface area (Å²) >= 11 is 0. The van der Waals surface area contributed by atoms with Gasteiger partial charge in [-0.1, -0.05) is 23.3 Å². The highest BCUT2D eigenvalue weighted by Crippen LogP contribution is 2.26. The summed E-state index contributed by atoms with van der Waals surface area (Å²) in [5.41, 5.74) is 2.67. The number of imide groups is 1. The fourth-order valence-corrected chi connectivity index (χ4v) is 3.27. The van der Waals surface area contributed by atoms with Gasteiger partial charge >= 0.3 is 5.97 Å². The molecule has 1 fully saturated rings. The zero-order valence-electron chi connectivity index (χ0n) is 14.8. The van der Waals surface area contributed by atoms with Crippen LogP contribution in [0.5, 0.6) is 0 Å². The van der Waals surface area contributed by atoms with Crippen LogP contribution in [0.4, 0.5) is 5.69 Å². The molecule has 0 aliphatic carbocycles. The van der Waals surface area contributed by atoms with Crippen molar-refractivity contribution >= 4 is 23.5 Å². The lowest BCUT2D eigenvalue weighted by molar-refractivity contribution is -0.0584. The molecule has 0 bridgehead atoms. The second-order valence-electron chi connectivity index (χ2n) is 6.43. The molecule has 138 valence electrons. The molecule has 27 heavy (non-hydrogen) atoms. The molecule has 0 unspecified atom stereocenters. The molecule has 2 aromatic carbocycles. The summed E-state index contributed by atoms with van der Waals surface area (Å²) in [6, 6.07) is 11.6. The molecule has 0 aromatic heterocycles. The number of benzene rings is 2. The third kappa shape index (κ3) is 3.06. The van der Waals surface area contributed by atoms with Crippen LogP contribution >= 0.6 is 0 Å². The Morgan fingerprint density at radius 3 is 2.26 bits per heavy atom. The molecule has 2 aliphatic heterocycles. The first kappa shape index (κ1) is 17.2. The number of ether oxygens (including phenoxy) is 1. The van der Waals surface area contributed by atoms with E-state index in [0.717, 1.165) is 24.3 Å². The molecular formula is C20H18N2O5. The van der Waals surface area contributed by atoms with Gasteiger partial charge in [0, 0.05) is 18.8 Å². The molecular weight excluding hydrogens is 348 g/mol. The number of rotatable bonds is 3. The maximum absolute atomic E-state index is 12.6. The number of anilines is 1. The van der Waals surface area contributed by atoms with Gasteiger partial charge in [0.25, 0.3) is 11.8 Å². The van der Waals surface area contributed by atoms with Crippen LogP contribution in [0.2, 0.25) is 0 Å². The molecule has 7 heteroatoms. The molecule has 2 amide bonds. The fourth-order valence-electron chi connectivity index (χ4n) is 3.27. The van der Waals surface area contributed by atoms with Gasteiger partial charge in [0.05, 0.1) is 29.9 Å². The number of carbonyl (C=O) groups is 3. The lowest BCUT2D eigenvalue weighted by Crippen LogP contribution is -2.37. The molecule has 0 spiro atoms. The first-order valence-electron chi connectivity index (χ1n) is 8.70. The summed E-state index contributed by atoms with van der Waals surface area (Å²) in [5.74, 6) is -2.02. The SMILES string of the molecule is Cc1ccc(C(=O)ON2C(=O)c3ccccc3C2=O)cc1N1CCOCC1. The van der Waals surface area contributed by atoms with E-state index in [1.165, 1.54) is 12.1 Å². The van der Waals surface area contributed by atoms with Gasteiger partial charge in [-0.2, -0.15) is 0 Å². The molecule has 0 saturated carbocycles. The van der Waals surface area contributed by atoms with E-state index >= 15 is 0 Å². The van der Waals surface area contributed by atoms with E-state index < -0.39 is 17.8 Å². The Bertz CT molecular complexity index is 899. The molecule has 0 N–H and O–H groups in total. The summed E-state index contributed by atoms with van der Waals surface area (Å²) in [7, 11) is 0. The second kappa shape index (κ2) is 6.85. The van der Waals surface area contributed by atoms with Crippen molar-refractivity contribution in [3.05, 3.63) is 64.7 Å². The Kier molecular flexibility index (Phi) is 4.37. The van der Waals surface area contributed by atoms with Gasteiger partial charge in [0.15, 0.2) is 0 Å². The van der Waals surface area contributed by atoms with Gasteiger partial charge in [-0.15, -0.1) is 0 Å². The van der Waals surface area contributed by atoms with E-state index in [0.29, 0.717) is 18.3 Å². The van der Waals surface area contributed by atoms with Crippen molar-refractivity contribution in [3.63, 3.8) is 0 Å². The minimum Gasteiger partial charge on any atom is -0.378 e. The fraction of sp³-hybridized carbons (Fsp3) is 0.250. The predicted octanol–water partition coefficient (Wildman–Crippen LogP) is 2.20. The van der Waals surface area contributed by atoms with Crippen molar-refractivity contribution in [2.75, 3.05) is 31.2 Å². The van der Waals surface area contributed by atoms with Crippen LogP contribution in [0.25, 0.3) is 0 Å². The number of aryl methyl sites for hydroxylation is 1. The van der Waals surface area contributed by atoms with Crippen LogP contribution in [0.1, 0.15) is 36.6 Å². The summed E-state index contributed by atoms with van der Waals surface area (Å²) in [6.45, 7) is 4.69. The van der Waals surface area contributed by atoms with Crippen molar-refractivity contribution in [3.8, 4) is 0 Å². The Hall–Kier alpha value is -3.19. The van der Waals surface area contributed by atoms with E-state index in [1.807, 2.05) is 13.0 Å². The number of amides is 2. The molecule has 2 heterocycles. The number of morpholine rings is 1. The number of carbonyl (C=O) groups excluding carboxylic acids is 3. The van der Waals surface area contributed by atoms with E-state index in [-0.39, 0.29) is 16.7 Å². The maximum Gasteiger partial charge on any atom is 0.364 e. The molecule has 7 nitrogen and oxygen atoms in total. The first-order valence-corrected chi connectivity index (χ1v) is 8.70. The van der Waals surface area contributed by atoms with Crippen LogP contribution in [0.15, 0.2) is 42.5 Å². The molecule has 0 radical (unpaired) electrons. The van der Waals surface area contributed by atoms with E-state index in [2.05, 4.69) is 4.90 Å². The summed E-state index contributed by atoms with van der Waals surface area (Å²) in [4.78, 5) is 44.5. The Morgan fingerprint density at radius 1 is 1.00 bits per heavy atom. The Morgan fingerprint density at radius 2 is 1.63 bits per heavy atom. The third-order valence-electron chi connectivity index (χ3n) is 4.73. The van der Waals surface area contributed by atoms with Gasteiger partial charge in [-0.05, 0) is 36.8 Å². The van der Waals surface area contributed by atoms with Gasteiger partial charge in [0.1, 0.15) is 0 Å². The maximum atomic E-state index is 12.6. The lowest BCUT2D eigenvalue weighted by Gasteiger charge is -2.30. The first-order chi connectivity index (χ1) is 13.1. The quantitative estimate of drug-likeness (QED) is 0.775. The summed E-state index contributed by atoms with van der Waals surface area (Å²) < 4.78 is 5.37. The van der Waals surface area contributed by atoms with Crippen LogP contribution in [0, 0.1) is 6.92 Å². The van der Waals surface area contributed by atoms with Crippen LogP contribution in [-0.4, -0.2) is 49.2 Å². The lowest BCUT2D eigenvalue weighted by atomic mass is 10.1. The van der Waals surface area contributed by atoms with Crippen molar-refractivity contribution in [2.24, 2.45) is 0 Å². The molecule has 0 atom stereocenters. The zero-order valence-corrected chi connectivity index (χ0v) is 14.8. The van der Waals surface area contributed by atoms with Gasteiger partial charge < -0.3 is 14.5 Å².